The second-order valence-corrected chi connectivity index (χ2v) is 5.03. The monoisotopic (exact) mass is 272 g/mol. The minimum Gasteiger partial charge on any atom is -0.349 e. The zero-order chi connectivity index (χ0) is 14.4. The lowest BCUT2D eigenvalue weighted by molar-refractivity contribution is -0.117. The molecule has 1 fully saturated rings. The number of halogens is 1. The molecular formula is C16H17FN2O. The molecule has 1 N–H and O–H groups in total. The van der Waals surface area contributed by atoms with Gasteiger partial charge in [-0.3, -0.25) is 4.79 Å². The Hall–Kier alpha value is -2.15. The quantitative estimate of drug-likeness (QED) is 0.678. The lowest BCUT2D eigenvalue weighted by Crippen LogP contribution is -2.36. The van der Waals surface area contributed by atoms with Crippen molar-refractivity contribution in [2.45, 2.75) is 38.1 Å². The van der Waals surface area contributed by atoms with Crippen molar-refractivity contribution < 1.29 is 9.18 Å². The highest BCUT2D eigenvalue weighted by Crippen LogP contribution is 2.18. The Morgan fingerprint density at radius 2 is 2.10 bits per heavy atom. The van der Waals surface area contributed by atoms with Crippen LogP contribution in [0.5, 0.6) is 0 Å². The van der Waals surface area contributed by atoms with Crippen LogP contribution in [0.1, 0.15) is 37.7 Å². The summed E-state index contributed by atoms with van der Waals surface area (Å²) in [5.41, 5.74) is 0.529. The summed E-state index contributed by atoms with van der Waals surface area (Å²) in [6.07, 6.45) is 6.77. The molecule has 1 saturated carbocycles. The Bertz CT molecular complexity index is 554. The number of carbonyl (C=O) groups excluding carboxylic acids is 1. The number of hydrogen-bond acceptors (Lipinski definition) is 2. The van der Waals surface area contributed by atoms with Crippen LogP contribution < -0.4 is 5.32 Å². The third-order valence-electron chi connectivity index (χ3n) is 3.47. The molecule has 0 aromatic heterocycles. The fourth-order valence-electron chi connectivity index (χ4n) is 2.42. The highest BCUT2D eigenvalue weighted by Gasteiger charge is 2.17. The number of nitrogens with one attached hydrogen (secondary N) is 1. The van der Waals surface area contributed by atoms with E-state index in [4.69, 9.17) is 5.26 Å². The second kappa shape index (κ2) is 6.85. The summed E-state index contributed by atoms with van der Waals surface area (Å²) in [6.45, 7) is 0. The second-order valence-electron chi connectivity index (χ2n) is 5.03. The molecule has 0 saturated heterocycles. The number of hydrogen-bond donors (Lipinski definition) is 1. The minimum atomic E-state index is -0.385. The van der Waals surface area contributed by atoms with Crippen molar-refractivity contribution in [1.29, 1.82) is 5.26 Å². The molecule has 1 aliphatic carbocycles. The van der Waals surface area contributed by atoms with E-state index in [-0.39, 0.29) is 23.3 Å². The third kappa shape index (κ3) is 3.92. The van der Waals surface area contributed by atoms with Gasteiger partial charge in [0.05, 0.1) is 0 Å². The van der Waals surface area contributed by atoms with Crippen LogP contribution in [-0.4, -0.2) is 11.9 Å². The summed E-state index contributed by atoms with van der Waals surface area (Å²) in [5, 5.41) is 12.0. The third-order valence-corrected chi connectivity index (χ3v) is 3.47. The predicted molar refractivity (Wildman–Crippen MR) is 75.0 cm³/mol. The SMILES string of the molecule is N#C/C(=C\c1cccc(F)c1)C(=O)NC1CCCCC1. The number of amides is 1. The lowest BCUT2D eigenvalue weighted by Gasteiger charge is -2.22. The minimum absolute atomic E-state index is 0.0150. The molecule has 4 heteroatoms. The number of nitrogens with zero attached hydrogens (tertiary/aromatic N) is 1. The van der Waals surface area contributed by atoms with Crippen LogP contribution in [0, 0.1) is 17.1 Å². The zero-order valence-electron chi connectivity index (χ0n) is 11.2. The van der Waals surface area contributed by atoms with E-state index in [1.165, 1.54) is 24.6 Å². The zero-order valence-corrected chi connectivity index (χ0v) is 11.2. The molecule has 104 valence electrons. The van der Waals surface area contributed by atoms with E-state index in [0.717, 1.165) is 25.7 Å². The molecule has 0 radical (unpaired) electrons. The van der Waals surface area contributed by atoms with Gasteiger partial charge >= 0.3 is 0 Å². The van der Waals surface area contributed by atoms with Crippen LogP contribution in [-0.2, 0) is 4.79 Å². The Labute approximate surface area is 118 Å². The van der Waals surface area contributed by atoms with Crippen LogP contribution in [0.25, 0.3) is 6.08 Å². The van der Waals surface area contributed by atoms with Gasteiger partial charge in [0.1, 0.15) is 17.5 Å². The van der Waals surface area contributed by atoms with Crippen molar-refractivity contribution in [2.24, 2.45) is 0 Å². The van der Waals surface area contributed by atoms with Crippen LogP contribution in [0.4, 0.5) is 4.39 Å². The molecule has 20 heavy (non-hydrogen) atoms. The number of nitriles is 1. The van der Waals surface area contributed by atoms with Crippen molar-refractivity contribution in [3.63, 3.8) is 0 Å². The van der Waals surface area contributed by atoms with E-state index in [0.29, 0.717) is 5.56 Å². The maximum atomic E-state index is 13.1. The van der Waals surface area contributed by atoms with Gasteiger partial charge in [-0.15, -0.1) is 0 Å². The van der Waals surface area contributed by atoms with Crippen LogP contribution in [0.2, 0.25) is 0 Å². The Kier molecular flexibility index (Phi) is 4.89. The first kappa shape index (κ1) is 14.3. The smallest absolute Gasteiger partial charge is 0.262 e. The maximum absolute atomic E-state index is 13.1. The van der Waals surface area contributed by atoms with E-state index < -0.39 is 0 Å². The predicted octanol–water partition coefficient (Wildman–Crippen LogP) is 3.18. The van der Waals surface area contributed by atoms with E-state index >= 15 is 0 Å². The summed E-state index contributed by atoms with van der Waals surface area (Å²) in [7, 11) is 0. The molecule has 0 bridgehead atoms. The molecule has 0 spiro atoms. The summed E-state index contributed by atoms with van der Waals surface area (Å²) < 4.78 is 13.1. The first-order chi connectivity index (χ1) is 9.69. The Balaban J connectivity index is 2.07. The fraction of sp³-hybridized carbons (Fsp3) is 0.375. The molecule has 3 nitrogen and oxygen atoms in total. The van der Waals surface area contributed by atoms with Gasteiger partial charge in [-0.1, -0.05) is 31.4 Å². The van der Waals surface area contributed by atoms with Crippen LogP contribution in [0.3, 0.4) is 0 Å². The largest absolute Gasteiger partial charge is 0.349 e. The van der Waals surface area contributed by atoms with E-state index in [9.17, 15) is 9.18 Å². The molecular weight excluding hydrogens is 255 g/mol. The molecule has 1 aromatic carbocycles. The summed E-state index contributed by atoms with van der Waals surface area (Å²) >= 11 is 0. The molecule has 1 aromatic rings. The van der Waals surface area contributed by atoms with Gasteiger partial charge in [-0.25, -0.2) is 4.39 Å². The van der Waals surface area contributed by atoms with Crippen LogP contribution >= 0.6 is 0 Å². The Morgan fingerprint density at radius 3 is 2.75 bits per heavy atom. The summed E-state index contributed by atoms with van der Waals surface area (Å²) in [4.78, 5) is 12.0. The van der Waals surface area contributed by atoms with Crippen LogP contribution in [0.15, 0.2) is 29.8 Å². The van der Waals surface area contributed by atoms with Gasteiger partial charge in [0.2, 0.25) is 0 Å². The van der Waals surface area contributed by atoms with Crippen molar-refractivity contribution >= 4 is 12.0 Å². The van der Waals surface area contributed by atoms with Gasteiger partial charge in [0, 0.05) is 6.04 Å². The highest BCUT2D eigenvalue weighted by molar-refractivity contribution is 6.01. The maximum Gasteiger partial charge on any atom is 0.262 e. The van der Waals surface area contributed by atoms with Gasteiger partial charge < -0.3 is 5.32 Å². The van der Waals surface area contributed by atoms with E-state index in [1.807, 2.05) is 6.07 Å². The topological polar surface area (TPSA) is 52.9 Å². The van der Waals surface area contributed by atoms with Crippen molar-refractivity contribution in [1.82, 2.24) is 5.32 Å². The number of rotatable bonds is 3. The van der Waals surface area contributed by atoms with Gasteiger partial charge in [0.25, 0.3) is 5.91 Å². The molecule has 0 unspecified atom stereocenters. The van der Waals surface area contributed by atoms with E-state index in [2.05, 4.69) is 5.32 Å². The van der Waals surface area contributed by atoms with Crippen molar-refractivity contribution in [3.8, 4) is 6.07 Å². The molecule has 0 atom stereocenters. The van der Waals surface area contributed by atoms with Crippen molar-refractivity contribution in [3.05, 3.63) is 41.2 Å². The summed E-state index contributed by atoms with van der Waals surface area (Å²) in [6, 6.07) is 7.87. The average molecular weight is 272 g/mol. The average Bonchev–Trinajstić information content (AvgIpc) is 2.46. The van der Waals surface area contributed by atoms with E-state index in [1.54, 1.807) is 12.1 Å². The van der Waals surface area contributed by atoms with Gasteiger partial charge in [0.15, 0.2) is 0 Å². The highest BCUT2D eigenvalue weighted by atomic mass is 19.1. The molecule has 2 rings (SSSR count). The molecule has 0 heterocycles. The summed E-state index contributed by atoms with van der Waals surface area (Å²) in [5.74, 6) is -0.757. The van der Waals surface area contributed by atoms with Crippen molar-refractivity contribution in [2.75, 3.05) is 0 Å². The van der Waals surface area contributed by atoms with Gasteiger partial charge in [-0.05, 0) is 36.6 Å². The van der Waals surface area contributed by atoms with Gasteiger partial charge in [-0.2, -0.15) is 5.26 Å². The number of carbonyl (C=O) groups is 1. The molecule has 0 aliphatic heterocycles. The number of benzene rings is 1. The lowest BCUT2D eigenvalue weighted by atomic mass is 9.95. The molecule has 1 amide bonds. The fourth-order valence-corrected chi connectivity index (χ4v) is 2.42. The first-order valence-corrected chi connectivity index (χ1v) is 6.87. The Morgan fingerprint density at radius 1 is 1.35 bits per heavy atom. The molecule has 1 aliphatic rings. The standard InChI is InChI=1S/C16H17FN2O/c17-14-6-4-5-12(10-14)9-13(11-18)16(20)19-15-7-2-1-3-8-15/h4-6,9-10,15H,1-3,7-8H2,(H,19,20)/b13-9+. The normalized spacial score (nSPS) is 16.5. The first-order valence-electron chi connectivity index (χ1n) is 6.87.